The fraction of sp³-hybridized carbons (Fsp3) is 0.353. The van der Waals surface area contributed by atoms with Crippen molar-refractivity contribution in [3.63, 3.8) is 0 Å². The largest absolute Gasteiger partial charge is 0.393 e. The van der Waals surface area contributed by atoms with Crippen molar-refractivity contribution in [1.29, 1.82) is 0 Å². The molecule has 0 aliphatic carbocycles. The van der Waals surface area contributed by atoms with Crippen LogP contribution >= 0.6 is 0 Å². The van der Waals surface area contributed by atoms with Gasteiger partial charge in [0.05, 0.1) is 18.7 Å². The van der Waals surface area contributed by atoms with E-state index >= 15 is 0 Å². The van der Waals surface area contributed by atoms with Gasteiger partial charge in [-0.25, -0.2) is 4.79 Å². The number of halogens is 3. The van der Waals surface area contributed by atoms with Crippen LogP contribution in [-0.2, 0) is 11.2 Å². The van der Waals surface area contributed by atoms with Crippen LogP contribution in [0.15, 0.2) is 36.4 Å². The Balaban J connectivity index is 1.57. The maximum Gasteiger partial charge on any atom is 0.393 e. The zero-order valence-electron chi connectivity index (χ0n) is 13.7. The quantitative estimate of drug-likeness (QED) is 0.865. The third-order valence-electron chi connectivity index (χ3n) is 3.86. The first-order chi connectivity index (χ1) is 12.4. The molecule has 6 nitrogen and oxygen atoms in total. The number of hydrogen-bond donors (Lipinski definition) is 2. The van der Waals surface area contributed by atoms with Gasteiger partial charge < -0.3 is 10.1 Å². The molecule has 0 radical (unpaired) electrons. The molecule has 1 saturated heterocycles. The predicted molar refractivity (Wildman–Crippen MR) is 89.1 cm³/mol. The van der Waals surface area contributed by atoms with Gasteiger partial charge in [0.1, 0.15) is 0 Å². The van der Waals surface area contributed by atoms with Crippen LogP contribution in [0.3, 0.4) is 0 Å². The Morgan fingerprint density at radius 2 is 2.04 bits per heavy atom. The molecule has 2 heterocycles. The van der Waals surface area contributed by atoms with E-state index in [9.17, 15) is 18.0 Å². The third-order valence-corrected chi connectivity index (χ3v) is 3.86. The Bertz CT molecular complexity index is 759. The van der Waals surface area contributed by atoms with E-state index < -0.39 is 18.6 Å². The van der Waals surface area contributed by atoms with Crippen LogP contribution in [0.25, 0.3) is 0 Å². The van der Waals surface area contributed by atoms with Gasteiger partial charge in [0.25, 0.3) is 0 Å². The van der Waals surface area contributed by atoms with Crippen molar-refractivity contribution in [2.24, 2.45) is 0 Å². The molecule has 1 aliphatic rings. The number of anilines is 2. The summed E-state index contributed by atoms with van der Waals surface area (Å²) in [4.78, 5) is 12.0. The number of rotatable bonds is 4. The molecule has 9 heteroatoms. The third kappa shape index (κ3) is 5.16. The molecule has 0 spiro atoms. The molecule has 1 atom stereocenters. The Morgan fingerprint density at radius 3 is 2.69 bits per heavy atom. The number of hydrogen-bond acceptors (Lipinski definition) is 4. The first-order valence-corrected chi connectivity index (χ1v) is 8.04. The summed E-state index contributed by atoms with van der Waals surface area (Å²) >= 11 is 0. The van der Waals surface area contributed by atoms with Crippen LogP contribution in [0.1, 0.15) is 23.6 Å². The molecular formula is C17H17F3N4O2. The summed E-state index contributed by atoms with van der Waals surface area (Å²) in [6.45, 7) is 1.30. The Kier molecular flexibility index (Phi) is 5.36. The highest BCUT2D eigenvalue weighted by Crippen LogP contribution is 2.24. The maximum atomic E-state index is 12.4. The van der Waals surface area contributed by atoms with Gasteiger partial charge in [0.15, 0.2) is 5.82 Å². The zero-order chi connectivity index (χ0) is 18.6. The second-order valence-corrected chi connectivity index (χ2v) is 5.98. The lowest BCUT2D eigenvalue weighted by Gasteiger charge is -2.10. The normalized spacial score (nSPS) is 17.1. The highest BCUT2D eigenvalue weighted by atomic mass is 19.4. The molecule has 1 fully saturated rings. The van der Waals surface area contributed by atoms with Gasteiger partial charge in [-0.05, 0) is 36.2 Å². The molecule has 2 N–H and O–H groups in total. The lowest BCUT2D eigenvalue weighted by Crippen LogP contribution is -2.21. The van der Waals surface area contributed by atoms with Crippen molar-refractivity contribution in [3.05, 3.63) is 47.7 Å². The minimum atomic E-state index is -4.30. The Labute approximate surface area is 147 Å². The zero-order valence-corrected chi connectivity index (χ0v) is 13.7. The van der Waals surface area contributed by atoms with Crippen LogP contribution in [0.2, 0.25) is 0 Å². The first kappa shape index (κ1) is 18.1. The van der Waals surface area contributed by atoms with Crippen LogP contribution in [0.5, 0.6) is 0 Å². The fourth-order valence-electron chi connectivity index (χ4n) is 2.66. The smallest absolute Gasteiger partial charge is 0.381 e. The number of ether oxygens (including phenoxy) is 1. The van der Waals surface area contributed by atoms with Crippen molar-refractivity contribution < 1.29 is 22.7 Å². The fourth-order valence-corrected chi connectivity index (χ4v) is 2.66. The molecule has 26 heavy (non-hydrogen) atoms. The average molecular weight is 366 g/mol. The van der Waals surface area contributed by atoms with Crippen LogP contribution < -0.4 is 10.6 Å². The molecule has 1 aliphatic heterocycles. The minimum absolute atomic E-state index is 0.0678. The number of alkyl halides is 3. The second kappa shape index (κ2) is 7.69. The molecule has 3 rings (SSSR count). The maximum absolute atomic E-state index is 12.4. The summed E-state index contributed by atoms with van der Waals surface area (Å²) in [5.41, 5.74) is 1.13. The molecular weight excluding hydrogens is 349 g/mol. The topological polar surface area (TPSA) is 76.1 Å². The van der Waals surface area contributed by atoms with E-state index in [4.69, 9.17) is 4.74 Å². The number of nitrogens with one attached hydrogen (secondary N) is 2. The van der Waals surface area contributed by atoms with Gasteiger partial charge in [-0.15, -0.1) is 5.10 Å². The van der Waals surface area contributed by atoms with E-state index in [1.54, 1.807) is 12.1 Å². The molecule has 0 bridgehead atoms. The van der Waals surface area contributed by atoms with E-state index in [-0.39, 0.29) is 23.0 Å². The summed E-state index contributed by atoms with van der Waals surface area (Å²) < 4.78 is 42.6. The molecule has 2 aromatic rings. The highest BCUT2D eigenvalue weighted by molar-refractivity contribution is 5.99. The van der Waals surface area contributed by atoms with Crippen molar-refractivity contribution >= 4 is 17.5 Å². The molecule has 138 valence electrons. The van der Waals surface area contributed by atoms with E-state index in [0.717, 1.165) is 12.1 Å². The number of carbonyl (C=O) groups is 1. The Morgan fingerprint density at radius 1 is 1.19 bits per heavy atom. The highest BCUT2D eigenvalue weighted by Gasteiger charge is 2.27. The van der Waals surface area contributed by atoms with Gasteiger partial charge in [-0.3, -0.25) is 5.32 Å². The molecule has 1 aromatic heterocycles. The van der Waals surface area contributed by atoms with Crippen LogP contribution in [0.4, 0.5) is 29.5 Å². The van der Waals surface area contributed by atoms with E-state index in [1.165, 1.54) is 24.3 Å². The molecule has 2 amide bonds. The standard InChI is InChI=1S/C17H17F3N4O2/c18-17(19,20)9-11-2-1-3-13(8-11)21-16(25)22-15-5-4-14(23-24-15)12-6-7-26-10-12/h1-5,8,12H,6-7,9-10H2,(H2,21,22,24,25). The number of urea groups is 1. The van der Waals surface area contributed by atoms with Crippen LogP contribution in [-0.4, -0.2) is 35.6 Å². The van der Waals surface area contributed by atoms with Crippen molar-refractivity contribution in [3.8, 4) is 0 Å². The van der Waals surface area contributed by atoms with E-state index in [2.05, 4.69) is 20.8 Å². The molecule has 1 aromatic carbocycles. The van der Waals surface area contributed by atoms with Gasteiger partial charge in [0.2, 0.25) is 0 Å². The van der Waals surface area contributed by atoms with E-state index in [0.29, 0.717) is 13.2 Å². The number of aromatic nitrogens is 2. The summed E-state index contributed by atoms with van der Waals surface area (Å²) in [7, 11) is 0. The van der Waals surface area contributed by atoms with Crippen molar-refractivity contribution in [2.75, 3.05) is 23.8 Å². The molecule has 1 unspecified atom stereocenters. The summed E-state index contributed by atoms with van der Waals surface area (Å²) in [6.07, 6.45) is -4.47. The predicted octanol–water partition coefficient (Wildman–Crippen LogP) is 3.73. The Hall–Kier alpha value is -2.68. The van der Waals surface area contributed by atoms with Gasteiger partial charge >= 0.3 is 12.2 Å². The summed E-state index contributed by atoms with van der Waals surface area (Å²) in [6, 6.07) is 8.38. The van der Waals surface area contributed by atoms with Crippen molar-refractivity contribution in [2.45, 2.75) is 24.9 Å². The average Bonchev–Trinajstić information content (AvgIpc) is 3.08. The molecule has 0 saturated carbocycles. The van der Waals surface area contributed by atoms with Crippen LogP contribution in [0, 0.1) is 0 Å². The minimum Gasteiger partial charge on any atom is -0.381 e. The monoisotopic (exact) mass is 366 g/mol. The summed E-state index contributed by atoms with van der Waals surface area (Å²) in [5.74, 6) is 0.457. The second-order valence-electron chi connectivity index (χ2n) is 5.98. The number of nitrogens with zero attached hydrogens (tertiary/aromatic N) is 2. The van der Waals surface area contributed by atoms with Crippen molar-refractivity contribution in [1.82, 2.24) is 10.2 Å². The van der Waals surface area contributed by atoms with Gasteiger partial charge in [-0.1, -0.05) is 12.1 Å². The number of carbonyl (C=O) groups excluding carboxylic acids is 1. The lowest BCUT2D eigenvalue weighted by atomic mass is 10.1. The SMILES string of the molecule is O=C(Nc1cccc(CC(F)(F)F)c1)Nc1ccc(C2CCOC2)nn1. The summed E-state index contributed by atoms with van der Waals surface area (Å²) in [5, 5.41) is 13.0. The first-order valence-electron chi connectivity index (χ1n) is 8.04. The van der Waals surface area contributed by atoms with Gasteiger partial charge in [-0.2, -0.15) is 18.3 Å². The van der Waals surface area contributed by atoms with E-state index in [1.807, 2.05) is 0 Å². The number of benzene rings is 1. The number of amides is 2. The lowest BCUT2D eigenvalue weighted by molar-refractivity contribution is -0.127. The van der Waals surface area contributed by atoms with Gasteiger partial charge in [0, 0.05) is 18.2 Å².